The van der Waals surface area contributed by atoms with E-state index in [4.69, 9.17) is 0 Å². The first-order chi connectivity index (χ1) is 9.54. The van der Waals surface area contributed by atoms with Crippen molar-refractivity contribution < 1.29 is 12.8 Å². The normalized spacial score (nSPS) is 18.3. The van der Waals surface area contributed by atoms with Gasteiger partial charge in [0, 0.05) is 13.1 Å². The number of halogens is 1. The molecule has 0 bridgehead atoms. The quantitative estimate of drug-likeness (QED) is 0.902. The molecule has 4 nitrogen and oxygen atoms in total. The van der Waals surface area contributed by atoms with E-state index in [1.54, 1.807) is 0 Å². The second kappa shape index (κ2) is 6.65. The van der Waals surface area contributed by atoms with Crippen LogP contribution >= 0.6 is 0 Å². The zero-order valence-corrected chi connectivity index (χ0v) is 12.5. The van der Waals surface area contributed by atoms with Gasteiger partial charge >= 0.3 is 0 Å². The number of hydrogen-bond acceptors (Lipinski definition) is 3. The molecule has 1 aliphatic rings. The van der Waals surface area contributed by atoms with Crippen molar-refractivity contribution in [3.05, 3.63) is 30.1 Å². The largest absolute Gasteiger partial charge is 0.317 e. The first-order valence-electron chi connectivity index (χ1n) is 7.00. The summed E-state index contributed by atoms with van der Waals surface area (Å²) in [5.41, 5.74) is 0. The van der Waals surface area contributed by atoms with Crippen molar-refractivity contribution in [1.82, 2.24) is 9.62 Å². The van der Waals surface area contributed by atoms with Gasteiger partial charge in [0.05, 0.1) is 4.90 Å². The molecule has 1 fully saturated rings. The highest BCUT2D eigenvalue weighted by Crippen LogP contribution is 2.23. The summed E-state index contributed by atoms with van der Waals surface area (Å²) in [6.45, 7) is 5.02. The Morgan fingerprint density at radius 2 is 1.85 bits per heavy atom. The molecular formula is C14H21FN2O2S. The van der Waals surface area contributed by atoms with E-state index in [1.807, 2.05) is 0 Å². The lowest BCUT2D eigenvalue weighted by atomic mass is 9.98. The molecule has 0 amide bonds. The average Bonchev–Trinajstić information content (AvgIpc) is 2.46. The van der Waals surface area contributed by atoms with Crippen LogP contribution in [0, 0.1) is 11.7 Å². The summed E-state index contributed by atoms with van der Waals surface area (Å²) in [5, 5.41) is 3.30. The van der Waals surface area contributed by atoms with Crippen LogP contribution < -0.4 is 5.32 Å². The molecule has 1 aliphatic heterocycles. The minimum atomic E-state index is -3.48. The molecule has 0 unspecified atom stereocenters. The van der Waals surface area contributed by atoms with Crippen molar-refractivity contribution in [3.63, 3.8) is 0 Å². The van der Waals surface area contributed by atoms with E-state index >= 15 is 0 Å². The van der Waals surface area contributed by atoms with Gasteiger partial charge in [-0.15, -0.1) is 0 Å². The minimum Gasteiger partial charge on any atom is -0.317 e. The van der Waals surface area contributed by atoms with Gasteiger partial charge in [-0.05, 0) is 56.1 Å². The van der Waals surface area contributed by atoms with Crippen molar-refractivity contribution >= 4 is 10.0 Å². The average molecular weight is 300 g/mol. The Bertz CT molecular complexity index is 523. The van der Waals surface area contributed by atoms with Crippen LogP contribution in [0.3, 0.4) is 0 Å². The van der Waals surface area contributed by atoms with E-state index in [-0.39, 0.29) is 4.90 Å². The summed E-state index contributed by atoms with van der Waals surface area (Å²) >= 11 is 0. The Morgan fingerprint density at radius 1 is 1.25 bits per heavy atom. The first-order valence-corrected chi connectivity index (χ1v) is 8.44. The third kappa shape index (κ3) is 3.56. The van der Waals surface area contributed by atoms with Gasteiger partial charge in [-0.2, -0.15) is 4.31 Å². The summed E-state index contributed by atoms with van der Waals surface area (Å²) in [7, 11) is -3.48. The maximum absolute atomic E-state index is 12.9. The molecule has 1 aromatic rings. The van der Waals surface area contributed by atoms with Crippen molar-refractivity contribution in [2.45, 2.75) is 24.7 Å². The summed E-state index contributed by atoms with van der Waals surface area (Å²) in [6.07, 6.45) is 1.74. The molecule has 0 aliphatic carbocycles. The number of sulfonamides is 1. The highest BCUT2D eigenvalue weighted by molar-refractivity contribution is 7.89. The van der Waals surface area contributed by atoms with Gasteiger partial charge in [-0.1, -0.05) is 6.92 Å². The molecule has 112 valence electrons. The molecule has 2 rings (SSSR count). The van der Waals surface area contributed by atoms with E-state index < -0.39 is 15.8 Å². The Labute approximate surface area is 120 Å². The Morgan fingerprint density at radius 3 is 2.40 bits per heavy atom. The lowest BCUT2D eigenvalue weighted by molar-refractivity contribution is 0.268. The minimum absolute atomic E-state index is 0.170. The van der Waals surface area contributed by atoms with E-state index in [0.29, 0.717) is 19.0 Å². The fraction of sp³-hybridized carbons (Fsp3) is 0.571. The van der Waals surface area contributed by atoms with Crippen LogP contribution in [0.15, 0.2) is 29.2 Å². The molecule has 1 N–H and O–H groups in total. The van der Waals surface area contributed by atoms with Gasteiger partial charge in [0.25, 0.3) is 0 Å². The van der Waals surface area contributed by atoms with Crippen molar-refractivity contribution in [1.29, 1.82) is 0 Å². The number of nitrogens with zero attached hydrogens (tertiary/aromatic N) is 1. The molecule has 6 heteroatoms. The maximum Gasteiger partial charge on any atom is 0.243 e. The molecule has 0 aromatic heterocycles. The SMILES string of the molecule is CCNCC1CCN(S(=O)(=O)c2ccc(F)cc2)CC1. The monoisotopic (exact) mass is 300 g/mol. The van der Waals surface area contributed by atoms with E-state index in [2.05, 4.69) is 12.2 Å². The molecule has 1 saturated heterocycles. The third-order valence-electron chi connectivity index (χ3n) is 3.71. The van der Waals surface area contributed by atoms with E-state index in [9.17, 15) is 12.8 Å². The smallest absolute Gasteiger partial charge is 0.243 e. The topological polar surface area (TPSA) is 49.4 Å². The summed E-state index contributed by atoms with van der Waals surface area (Å²) in [5.74, 6) is 0.114. The fourth-order valence-electron chi connectivity index (χ4n) is 2.46. The van der Waals surface area contributed by atoms with Crippen LogP contribution in [0.2, 0.25) is 0 Å². The zero-order valence-electron chi connectivity index (χ0n) is 11.7. The molecule has 0 atom stereocenters. The van der Waals surface area contributed by atoms with Crippen LogP contribution in [-0.4, -0.2) is 38.9 Å². The molecule has 0 spiro atoms. The third-order valence-corrected chi connectivity index (χ3v) is 5.62. The first kappa shape index (κ1) is 15.4. The number of rotatable bonds is 5. The van der Waals surface area contributed by atoms with Gasteiger partial charge in [0.1, 0.15) is 5.82 Å². The van der Waals surface area contributed by atoms with E-state index in [1.165, 1.54) is 28.6 Å². The standard InChI is InChI=1S/C14H21FN2O2S/c1-2-16-11-12-7-9-17(10-8-12)20(18,19)14-5-3-13(15)4-6-14/h3-6,12,16H,2,7-11H2,1H3. The number of hydrogen-bond donors (Lipinski definition) is 1. The number of benzene rings is 1. The summed E-state index contributed by atoms with van der Waals surface area (Å²) in [6, 6.07) is 5.03. The molecule has 20 heavy (non-hydrogen) atoms. The van der Waals surface area contributed by atoms with Crippen LogP contribution in [0.25, 0.3) is 0 Å². The summed E-state index contributed by atoms with van der Waals surface area (Å²) < 4.78 is 39.2. The van der Waals surface area contributed by atoms with E-state index in [0.717, 1.165) is 25.9 Å². The number of nitrogens with one attached hydrogen (secondary N) is 1. The molecular weight excluding hydrogens is 279 g/mol. The second-order valence-corrected chi connectivity index (χ2v) is 7.05. The Hall–Kier alpha value is -0.980. The molecule has 1 aromatic carbocycles. The fourth-order valence-corrected chi connectivity index (χ4v) is 3.93. The predicted molar refractivity (Wildman–Crippen MR) is 76.4 cm³/mol. The van der Waals surface area contributed by atoms with Crippen LogP contribution in [0.5, 0.6) is 0 Å². The van der Waals surface area contributed by atoms with Gasteiger partial charge in [0.2, 0.25) is 10.0 Å². The zero-order chi connectivity index (χ0) is 14.6. The number of piperidine rings is 1. The van der Waals surface area contributed by atoms with Gasteiger partial charge < -0.3 is 5.32 Å². The Kier molecular flexibility index (Phi) is 5.12. The van der Waals surface area contributed by atoms with Crippen molar-refractivity contribution in [2.24, 2.45) is 5.92 Å². The molecule has 0 radical (unpaired) electrons. The van der Waals surface area contributed by atoms with Crippen molar-refractivity contribution in [2.75, 3.05) is 26.2 Å². The lowest BCUT2D eigenvalue weighted by Crippen LogP contribution is -2.40. The van der Waals surface area contributed by atoms with Gasteiger partial charge in [-0.25, -0.2) is 12.8 Å². The van der Waals surface area contributed by atoms with Crippen molar-refractivity contribution in [3.8, 4) is 0 Å². The van der Waals surface area contributed by atoms with Gasteiger partial charge in [0.15, 0.2) is 0 Å². The predicted octanol–water partition coefficient (Wildman–Crippen LogP) is 1.84. The second-order valence-electron chi connectivity index (χ2n) is 5.11. The highest BCUT2D eigenvalue weighted by atomic mass is 32.2. The Balaban J connectivity index is 2.00. The van der Waals surface area contributed by atoms with Gasteiger partial charge in [-0.3, -0.25) is 0 Å². The molecule has 0 saturated carbocycles. The summed E-state index contributed by atoms with van der Waals surface area (Å²) in [4.78, 5) is 0.170. The molecule has 1 heterocycles. The lowest BCUT2D eigenvalue weighted by Gasteiger charge is -2.31. The van der Waals surface area contributed by atoms with Crippen LogP contribution in [-0.2, 0) is 10.0 Å². The maximum atomic E-state index is 12.9. The van der Waals surface area contributed by atoms with Crippen LogP contribution in [0.4, 0.5) is 4.39 Å². The van der Waals surface area contributed by atoms with Crippen LogP contribution in [0.1, 0.15) is 19.8 Å². The highest BCUT2D eigenvalue weighted by Gasteiger charge is 2.29.